The maximum absolute atomic E-state index is 11.9. The van der Waals surface area contributed by atoms with Crippen LogP contribution in [0.5, 0.6) is 0 Å². The van der Waals surface area contributed by atoms with Gasteiger partial charge in [-0.1, -0.05) is 15.9 Å². The molecule has 0 radical (unpaired) electrons. The van der Waals surface area contributed by atoms with E-state index in [1.807, 2.05) is 12.1 Å². The van der Waals surface area contributed by atoms with Gasteiger partial charge in [0.25, 0.3) is 0 Å². The Hall–Kier alpha value is -1.93. The van der Waals surface area contributed by atoms with Gasteiger partial charge in [0.1, 0.15) is 0 Å². The van der Waals surface area contributed by atoms with Crippen molar-refractivity contribution in [3.8, 4) is 0 Å². The first-order chi connectivity index (χ1) is 10.1. The third kappa shape index (κ3) is 4.83. The van der Waals surface area contributed by atoms with Crippen molar-refractivity contribution in [2.45, 2.75) is 6.42 Å². The van der Waals surface area contributed by atoms with Crippen LogP contribution in [0.1, 0.15) is 5.69 Å². The summed E-state index contributed by atoms with van der Waals surface area (Å²) >= 11 is 4.56. The van der Waals surface area contributed by atoms with Crippen LogP contribution in [0.2, 0.25) is 0 Å². The number of amides is 2. The van der Waals surface area contributed by atoms with Gasteiger partial charge in [-0.15, -0.1) is 11.3 Å². The van der Waals surface area contributed by atoms with E-state index >= 15 is 0 Å². The number of hydrogen-bond acceptors (Lipinski definition) is 5. The second-order valence-corrected chi connectivity index (χ2v) is 5.77. The van der Waals surface area contributed by atoms with Gasteiger partial charge in [0, 0.05) is 15.5 Å². The summed E-state index contributed by atoms with van der Waals surface area (Å²) < 4.78 is 5.41. The number of rotatable bonds is 4. The summed E-state index contributed by atoms with van der Waals surface area (Å²) in [6, 6.07) is 7.29. The van der Waals surface area contributed by atoms with Gasteiger partial charge in [0.05, 0.1) is 19.2 Å². The number of anilines is 2. The van der Waals surface area contributed by atoms with Gasteiger partial charge < -0.3 is 10.1 Å². The number of hydrogen-bond donors (Lipinski definition) is 2. The first-order valence-electron chi connectivity index (χ1n) is 5.91. The monoisotopic (exact) mass is 369 g/mol. The second kappa shape index (κ2) is 7.19. The van der Waals surface area contributed by atoms with Gasteiger partial charge in [-0.25, -0.2) is 9.78 Å². The number of benzene rings is 1. The molecule has 0 aliphatic heterocycles. The van der Waals surface area contributed by atoms with Gasteiger partial charge in [-0.05, 0) is 24.3 Å². The molecule has 1 aromatic carbocycles. The standard InChI is InChI=1S/C13H12BrN3O3S/c1-20-13(19)17-12-16-10(7-21-12)6-11(18)15-9-4-2-8(14)3-5-9/h2-5,7H,6H2,1H3,(H,15,18)(H,16,17,19). The highest BCUT2D eigenvalue weighted by Gasteiger charge is 2.10. The molecule has 2 rings (SSSR count). The minimum Gasteiger partial charge on any atom is -0.453 e. The van der Waals surface area contributed by atoms with Crippen LogP contribution in [0.15, 0.2) is 34.1 Å². The molecular formula is C13H12BrN3O3S. The first kappa shape index (κ1) is 15.5. The number of ether oxygens (including phenoxy) is 1. The predicted octanol–water partition coefficient (Wildman–Crippen LogP) is 3.27. The molecule has 110 valence electrons. The van der Waals surface area contributed by atoms with Crippen molar-refractivity contribution < 1.29 is 14.3 Å². The van der Waals surface area contributed by atoms with Crippen molar-refractivity contribution >= 4 is 50.1 Å². The van der Waals surface area contributed by atoms with E-state index in [0.29, 0.717) is 16.5 Å². The molecule has 8 heteroatoms. The molecule has 0 aliphatic carbocycles. The lowest BCUT2D eigenvalue weighted by Gasteiger charge is -2.03. The van der Waals surface area contributed by atoms with E-state index in [0.717, 1.165) is 4.47 Å². The Morgan fingerprint density at radius 3 is 2.67 bits per heavy atom. The number of carbonyl (C=O) groups is 2. The molecule has 0 aliphatic rings. The van der Waals surface area contributed by atoms with E-state index in [2.05, 4.69) is 36.3 Å². The van der Waals surface area contributed by atoms with Crippen LogP contribution >= 0.6 is 27.3 Å². The zero-order valence-electron chi connectivity index (χ0n) is 11.1. The van der Waals surface area contributed by atoms with E-state index in [1.54, 1.807) is 17.5 Å². The van der Waals surface area contributed by atoms with Crippen molar-refractivity contribution in [1.29, 1.82) is 0 Å². The average Bonchev–Trinajstić information content (AvgIpc) is 2.88. The summed E-state index contributed by atoms with van der Waals surface area (Å²) in [5.74, 6) is -0.174. The maximum atomic E-state index is 11.9. The summed E-state index contributed by atoms with van der Waals surface area (Å²) in [6.45, 7) is 0. The Kier molecular flexibility index (Phi) is 5.29. The van der Waals surface area contributed by atoms with Crippen LogP contribution in [-0.4, -0.2) is 24.1 Å². The summed E-state index contributed by atoms with van der Waals surface area (Å²) in [6.07, 6.45) is -0.453. The summed E-state index contributed by atoms with van der Waals surface area (Å²) in [4.78, 5) is 27.0. The predicted molar refractivity (Wildman–Crippen MR) is 84.6 cm³/mol. The number of nitrogens with one attached hydrogen (secondary N) is 2. The fourth-order valence-corrected chi connectivity index (χ4v) is 2.45. The van der Waals surface area contributed by atoms with Crippen molar-refractivity contribution in [1.82, 2.24) is 4.98 Å². The fourth-order valence-electron chi connectivity index (χ4n) is 1.49. The molecule has 0 saturated carbocycles. The van der Waals surface area contributed by atoms with Crippen molar-refractivity contribution in [2.24, 2.45) is 0 Å². The molecule has 0 atom stereocenters. The van der Waals surface area contributed by atoms with Gasteiger partial charge in [0.15, 0.2) is 5.13 Å². The zero-order valence-corrected chi connectivity index (χ0v) is 13.5. The van der Waals surface area contributed by atoms with E-state index in [9.17, 15) is 9.59 Å². The largest absolute Gasteiger partial charge is 0.453 e. The Morgan fingerprint density at radius 1 is 1.29 bits per heavy atom. The number of nitrogens with zero attached hydrogens (tertiary/aromatic N) is 1. The maximum Gasteiger partial charge on any atom is 0.413 e. The molecule has 0 fully saturated rings. The smallest absolute Gasteiger partial charge is 0.413 e. The lowest BCUT2D eigenvalue weighted by molar-refractivity contribution is -0.115. The van der Waals surface area contributed by atoms with Crippen molar-refractivity contribution in [3.63, 3.8) is 0 Å². The average molecular weight is 370 g/mol. The normalized spacial score (nSPS) is 10.0. The number of methoxy groups -OCH3 is 1. The molecule has 6 nitrogen and oxygen atoms in total. The Morgan fingerprint density at radius 2 is 2.00 bits per heavy atom. The van der Waals surface area contributed by atoms with Crippen LogP contribution in [0.25, 0.3) is 0 Å². The molecule has 2 N–H and O–H groups in total. The number of aromatic nitrogens is 1. The molecular weight excluding hydrogens is 358 g/mol. The first-order valence-corrected chi connectivity index (χ1v) is 7.59. The van der Waals surface area contributed by atoms with Gasteiger partial charge in [-0.2, -0.15) is 0 Å². The van der Waals surface area contributed by atoms with Crippen LogP contribution in [0.3, 0.4) is 0 Å². The molecule has 0 bridgehead atoms. The molecule has 0 spiro atoms. The van der Waals surface area contributed by atoms with Crippen LogP contribution in [-0.2, 0) is 16.0 Å². The topological polar surface area (TPSA) is 80.3 Å². The Labute approximate surface area is 133 Å². The van der Waals surface area contributed by atoms with Crippen molar-refractivity contribution in [2.75, 3.05) is 17.7 Å². The number of halogens is 1. The number of carbonyl (C=O) groups excluding carboxylic acids is 2. The highest BCUT2D eigenvalue weighted by Crippen LogP contribution is 2.17. The van der Waals surface area contributed by atoms with Gasteiger partial charge in [0.2, 0.25) is 5.91 Å². The third-order valence-corrected chi connectivity index (χ3v) is 3.75. The minimum atomic E-state index is -0.588. The third-order valence-electron chi connectivity index (χ3n) is 2.42. The molecule has 0 saturated heterocycles. The van der Waals surface area contributed by atoms with E-state index in [4.69, 9.17) is 0 Å². The van der Waals surface area contributed by atoms with Crippen LogP contribution < -0.4 is 10.6 Å². The highest BCUT2D eigenvalue weighted by atomic mass is 79.9. The van der Waals surface area contributed by atoms with Crippen LogP contribution in [0.4, 0.5) is 15.6 Å². The lowest BCUT2D eigenvalue weighted by Crippen LogP contribution is -2.15. The van der Waals surface area contributed by atoms with E-state index < -0.39 is 6.09 Å². The minimum absolute atomic E-state index is 0.134. The summed E-state index contributed by atoms with van der Waals surface area (Å²) in [7, 11) is 1.27. The second-order valence-electron chi connectivity index (χ2n) is 3.99. The van der Waals surface area contributed by atoms with E-state index in [1.165, 1.54) is 18.4 Å². The molecule has 1 heterocycles. The van der Waals surface area contributed by atoms with Gasteiger partial charge >= 0.3 is 6.09 Å². The molecule has 21 heavy (non-hydrogen) atoms. The fraction of sp³-hybridized carbons (Fsp3) is 0.154. The quantitative estimate of drug-likeness (QED) is 0.866. The molecule has 1 aromatic heterocycles. The Bertz CT molecular complexity index is 642. The van der Waals surface area contributed by atoms with Crippen molar-refractivity contribution in [3.05, 3.63) is 39.8 Å². The highest BCUT2D eigenvalue weighted by molar-refractivity contribution is 9.10. The molecule has 0 unspecified atom stereocenters. The van der Waals surface area contributed by atoms with E-state index in [-0.39, 0.29) is 12.3 Å². The summed E-state index contributed by atoms with van der Waals surface area (Å²) in [5, 5.41) is 7.33. The lowest BCUT2D eigenvalue weighted by atomic mass is 10.3. The van der Waals surface area contributed by atoms with Gasteiger partial charge in [-0.3, -0.25) is 10.1 Å². The number of thiazole rings is 1. The summed E-state index contributed by atoms with van der Waals surface area (Å²) in [5.41, 5.74) is 1.30. The molecule has 2 amide bonds. The van der Waals surface area contributed by atoms with Crippen LogP contribution in [0, 0.1) is 0 Å². The zero-order chi connectivity index (χ0) is 15.2. The SMILES string of the molecule is COC(=O)Nc1nc(CC(=O)Nc2ccc(Br)cc2)cs1. The molecule has 2 aromatic rings. The Balaban J connectivity index is 1.90.